The molecule has 0 bridgehead atoms. The van der Waals surface area contributed by atoms with Gasteiger partial charge in [-0.15, -0.1) is 10.2 Å². The van der Waals surface area contributed by atoms with Gasteiger partial charge in [-0.05, 0) is 19.9 Å². The summed E-state index contributed by atoms with van der Waals surface area (Å²) in [5.74, 6) is 1.28. The maximum Gasteiger partial charge on any atom is 0.204 e. The van der Waals surface area contributed by atoms with Crippen LogP contribution >= 0.6 is 0 Å². The van der Waals surface area contributed by atoms with Gasteiger partial charge in [0.05, 0.1) is 0 Å². The van der Waals surface area contributed by atoms with Gasteiger partial charge < -0.3 is 0 Å². The third-order valence-electron chi connectivity index (χ3n) is 1.90. The summed E-state index contributed by atoms with van der Waals surface area (Å²) in [5.41, 5.74) is 1.86. The molecule has 67 valence electrons. The summed E-state index contributed by atoms with van der Waals surface area (Å²) < 4.78 is 1.79. The Bertz CT molecular complexity index is 379. The Morgan fingerprint density at radius 1 is 1.23 bits per heavy atom. The zero-order chi connectivity index (χ0) is 9.42. The smallest absolute Gasteiger partial charge is 0.204 e. The van der Waals surface area contributed by atoms with E-state index in [1.807, 2.05) is 27.0 Å². The second kappa shape index (κ2) is 2.69. The van der Waals surface area contributed by atoms with E-state index < -0.39 is 0 Å². The summed E-state index contributed by atoms with van der Waals surface area (Å²) in [7, 11) is 1.89. The monoisotopic (exact) mass is 176 g/mol. The number of rotatable bonds is 1. The van der Waals surface area contributed by atoms with Gasteiger partial charge >= 0.3 is 0 Å². The van der Waals surface area contributed by atoms with E-state index in [-0.39, 0.29) is 0 Å². The summed E-state index contributed by atoms with van der Waals surface area (Å²) in [6.45, 7) is 3.80. The van der Waals surface area contributed by atoms with Crippen LogP contribution in [0.2, 0.25) is 0 Å². The first-order valence-electron chi connectivity index (χ1n) is 4.02. The summed E-state index contributed by atoms with van der Waals surface area (Å²) >= 11 is 0. The van der Waals surface area contributed by atoms with Crippen molar-refractivity contribution in [3.05, 3.63) is 17.5 Å². The molecule has 13 heavy (non-hydrogen) atoms. The summed E-state index contributed by atoms with van der Waals surface area (Å²) in [6.07, 6.45) is 0. The Hall–Kier alpha value is -1.65. The summed E-state index contributed by atoms with van der Waals surface area (Å²) in [4.78, 5) is 0. The van der Waals surface area contributed by atoms with Crippen LogP contribution in [0.5, 0.6) is 0 Å². The molecule has 5 heteroatoms. The Balaban J connectivity index is 2.29. The van der Waals surface area contributed by atoms with Gasteiger partial charge in [0.1, 0.15) is 5.69 Å². The van der Waals surface area contributed by atoms with Crippen LogP contribution in [0.4, 0.5) is 0 Å². The Kier molecular flexibility index (Phi) is 1.65. The third kappa shape index (κ3) is 1.32. The van der Waals surface area contributed by atoms with Crippen LogP contribution in [0, 0.1) is 6.92 Å². The molecule has 0 unspecified atom stereocenters. The summed E-state index contributed by atoms with van der Waals surface area (Å²) in [6, 6.07) is 1.94. The van der Waals surface area contributed by atoms with Gasteiger partial charge in [0.15, 0.2) is 5.84 Å². The lowest BCUT2D eigenvalue weighted by atomic mass is 10.3. The van der Waals surface area contributed by atoms with Crippen LogP contribution in [0.3, 0.4) is 0 Å². The maximum atomic E-state index is 4.25. The van der Waals surface area contributed by atoms with Gasteiger partial charge in [-0.2, -0.15) is 5.10 Å². The van der Waals surface area contributed by atoms with Gasteiger partial charge in [-0.3, -0.25) is 4.68 Å². The largest absolute Gasteiger partial charge is 0.272 e. The SMILES string of the molecule is CC1=NN=C(c2cc(C)n(C)n2)[N]1. The zero-order valence-corrected chi connectivity index (χ0v) is 7.81. The van der Waals surface area contributed by atoms with Crippen molar-refractivity contribution in [1.82, 2.24) is 15.1 Å². The van der Waals surface area contributed by atoms with Crippen LogP contribution in [0.15, 0.2) is 16.3 Å². The van der Waals surface area contributed by atoms with Gasteiger partial charge in [0, 0.05) is 12.7 Å². The first-order valence-corrected chi connectivity index (χ1v) is 4.02. The second-order valence-electron chi connectivity index (χ2n) is 2.98. The van der Waals surface area contributed by atoms with Gasteiger partial charge in [-0.25, -0.2) is 5.32 Å². The van der Waals surface area contributed by atoms with Crippen molar-refractivity contribution in [3.8, 4) is 0 Å². The third-order valence-corrected chi connectivity index (χ3v) is 1.90. The average molecular weight is 176 g/mol. The van der Waals surface area contributed by atoms with Crippen LogP contribution < -0.4 is 5.32 Å². The molecule has 1 aliphatic rings. The van der Waals surface area contributed by atoms with Crippen molar-refractivity contribution in [2.24, 2.45) is 17.3 Å². The van der Waals surface area contributed by atoms with Crippen molar-refractivity contribution < 1.29 is 0 Å². The van der Waals surface area contributed by atoms with Crippen LogP contribution in [-0.2, 0) is 7.05 Å². The molecular formula is C8H10N5. The van der Waals surface area contributed by atoms with Crippen molar-refractivity contribution in [2.75, 3.05) is 0 Å². The van der Waals surface area contributed by atoms with Crippen molar-refractivity contribution in [1.29, 1.82) is 0 Å². The molecule has 2 rings (SSSR count). The van der Waals surface area contributed by atoms with Crippen molar-refractivity contribution >= 4 is 11.7 Å². The zero-order valence-electron chi connectivity index (χ0n) is 7.81. The molecule has 0 N–H and O–H groups in total. The molecule has 1 aliphatic heterocycles. The number of hydrogen-bond acceptors (Lipinski definition) is 3. The molecule has 0 aliphatic carbocycles. The second-order valence-corrected chi connectivity index (χ2v) is 2.98. The minimum atomic E-state index is 0.598. The number of amidine groups is 2. The molecule has 0 atom stereocenters. The topological polar surface area (TPSA) is 56.6 Å². The van der Waals surface area contributed by atoms with E-state index in [0.717, 1.165) is 11.4 Å². The fourth-order valence-electron chi connectivity index (χ4n) is 1.10. The van der Waals surface area contributed by atoms with E-state index in [9.17, 15) is 0 Å². The number of nitrogens with zero attached hydrogens (tertiary/aromatic N) is 5. The molecular weight excluding hydrogens is 166 g/mol. The maximum absolute atomic E-state index is 4.25. The van der Waals surface area contributed by atoms with Crippen LogP contribution in [-0.4, -0.2) is 21.5 Å². The predicted octanol–water partition coefficient (Wildman–Crippen LogP) is 0.427. The van der Waals surface area contributed by atoms with Crippen LogP contribution in [0.25, 0.3) is 0 Å². The molecule has 0 saturated carbocycles. The van der Waals surface area contributed by atoms with Crippen molar-refractivity contribution in [3.63, 3.8) is 0 Å². The minimum Gasteiger partial charge on any atom is -0.272 e. The molecule has 0 aromatic carbocycles. The Morgan fingerprint density at radius 2 is 2.00 bits per heavy atom. The summed E-state index contributed by atoms with van der Waals surface area (Å²) in [5, 5.41) is 16.1. The molecule has 1 radical (unpaired) electrons. The van der Waals surface area contributed by atoms with E-state index >= 15 is 0 Å². The van der Waals surface area contributed by atoms with Crippen LogP contribution in [0.1, 0.15) is 18.3 Å². The van der Waals surface area contributed by atoms with Gasteiger partial charge in [0.2, 0.25) is 5.84 Å². The molecule has 5 nitrogen and oxygen atoms in total. The molecule has 0 saturated heterocycles. The number of aromatic nitrogens is 2. The quantitative estimate of drug-likeness (QED) is 0.612. The lowest BCUT2D eigenvalue weighted by Gasteiger charge is -1.92. The van der Waals surface area contributed by atoms with Gasteiger partial charge in [0.25, 0.3) is 0 Å². The highest BCUT2D eigenvalue weighted by atomic mass is 15.4. The minimum absolute atomic E-state index is 0.598. The highest BCUT2D eigenvalue weighted by Gasteiger charge is 2.15. The first-order chi connectivity index (χ1) is 6.16. The standard InChI is InChI=1S/C8H10N5/c1-5-4-7(12-13(5)3)8-9-6(2)10-11-8/h4H,1-3H3. The van der Waals surface area contributed by atoms with E-state index in [0.29, 0.717) is 11.7 Å². The Labute approximate surface area is 76.2 Å². The highest BCUT2D eigenvalue weighted by Crippen LogP contribution is 2.05. The number of hydrogen-bond donors (Lipinski definition) is 0. The molecule has 1 aromatic rings. The fraction of sp³-hybridized carbons (Fsp3) is 0.375. The van der Waals surface area contributed by atoms with E-state index in [1.54, 1.807) is 4.68 Å². The first kappa shape index (κ1) is 7.97. The van der Waals surface area contributed by atoms with Gasteiger partial charge in [-0.1, -0.05) is 0 Å². The van der Waals surface area contributed by atoms with E-state index in [4.69, 9.17) is 0 Å². The molecule has 1 aromatic heterocycles. The molecule has 0 amide bonds. The van der Waals surface area contributed by atoms with E-state index in [2.05, 4.69) is 20.6 Å². The average Bonchev–Trinajstić information content (AvgIpc) is 2.61. The predicted molar refractivity (Wildman–Crippen MR) is 49.7 cm³/mol. The highest BCUT2D eigenvalue weighted by molar-refractivity contribution is 6.09. The van der Waals surface area contributed by atoms with E-state index in [1.165, 1.54) is 0 Å². The number of aryl methyl sites for hydroxylation is 2. The van der Waals surface area contributed by atoms with Crippen molar-refractivity contribution in [2.45, 2.75) is 13.8 Å². The lowest BCUT2D eigenvalue weighted by Crippen LogP contribution is -2.17. The lowest BCUT2D eigenvalue weighted by molar-refractivity contribution is 0.737. The molecule has 0 spiro atoms. The molecule has 0 fully saturated rings. The Morgan fingerprint density at radius 3 is 2.46 bits per heavy atom. The normalized spacial score (nSPS) is 15.3. The fourth-order valence-corrected chi connectivity index (χ4v) is 1.10. The molecule has 2 heterocycles.